The first-order chi connectivity index (χ1) is 7.45. The Labute approximate surface area is 94.1 Å². The molecule has 1 aromatic rings. The Hall–Kier alpha value is -0.950. The average molecular weight is 245 g/mol. The number of hydrogen-bond acceptors (Lipinski definition) is 6. The van der Waals surface area contributed by atoms with Crippen LogP contribution in [0.1, 0.15) is 31.5 Å². The third-order valence-electron chi connectivity index (χ3n) is 2.71. The number of aryl methyl sites for hydroxylation is 1. The highest BCUT2D eigenvalue weighted by Crippen LogP contribution is 2.29. The van der Waals surface area contributed by atoms with E-state index in [4.69, 9.17) is 10.3 Å². The molecule has 0 radical (unpaired) electrons. The molecule has 1 atom stereocenters. The molecule has 2 heterocycles. The number of sulfone groups is 1. The SMILES string of the molecule is CCCc1nc(C2(N)CCS(=O)(=O)C2)no1. The van der Waals surface area contributed by atoms with E-state index in [2.05, 4.69) is 10.1 Å². The molecule has 2 rings (SSSR count). The highest BCUT2D eigenvalue weighted by atomic mass is 32.2. The van der Waals surface area contributed by atoms with Crippen molar-refractivity contribution in [3.8, 4) is 0 Å². The Bertz CT molecular complexity index is 482. The minimum absolute atomic E-state index is 0.0922. The summed E-state index contributed by atoms with van der Waals surface area (Å²) in [6.45, 7) is 2.00. The highest BCUT2D eigenvalue weighted by molar-refractivity contribution is 7.91. The first-order valence-electron chi connectivity index (χ1n) is 5.27. The summed E-state index contributed by atoms with van der Waals surface area (Å²) in [5, 5.41) is 3.78. The zero-order valence-corrected chi connectivity index (χ0v) is 9.96. The van der Waals surface area contributed by atoms with Crippen molar-refractivity contribution < 1.29 is 12.9 Å². The lowest BCUT2D eigenvalue weighted by Gasteiger charge is -2.16. The molecular weight excluding hydrogens is 230 g/mol. The monoisotopic (exact) mass is 245 g/mol. The molecule has 16 heavy (non-hydrogen) atoms. The van der Waals surface area contributed by atoms with Gasteiger partial charge in [0.1, 0.15) is 0 Å². The van der Waals surface area contributed by atoms with E-state index in [1.807, 2.05) is 6.92 Å². The zero-order chi connectivity index (χ0) is 11.8. The van der Waals surface area contributed by atoms with Crippen LogP contribution in [0.5, 0.6) is 0 Å². The Kier molecular flexibility index (Phi) is 2.75. The Morgan fingerprint density at radius 2 is 2.31 bits per heavy atom. The Balaban J connectivity index is 2.23. The van der Waals surface area contributed by atoms with Gasteiger partial charge in [0.15, 0.2) is 15.7 Å². The predicted octanol–water partition coefficient (Wildman–Crippen LogP) is -0.00540. The van der Waals surface area contributed by atoms with E-state index >= 15 is 0 Å². The predicted molar refractivity (Wildman–Crippen MR) is 57.4 cm³/mol. The molecule has 0 saturated carbocycles. The highest BCUT2D eigenvalue weighted by Gasteiger charge is 2.43. The molecule has 1 aliphatic heterocycles. The largest absolute Gasteiger partial charge is 0.339 e. The van der Waals surface area contributed by atoms with Crippen LogP contribution in [0.2, 0.25) is 0 Å². The zero-order valence-electron chi connectivity index (χ0n) is 9.14. The van der Waals surface area contributed by atoms with Crippen LogP contribution in [0.3, 0.4) is 0 Å². The van der Waals surface area contributed by atoms with Crippen molar-refractivity contribution in [2.75, 3.05) is 11.5 Å². The fourth-order valence-electron chi connectivity index (χ4n) is 1.82. The van der Waals surface area contributed by atoms with Crippen LogP contribution in [-0.2, 0) is 21.8 Å². The molecule has 1 aromatic heterocycles. The second kappa shape index (κ2) is 3.81. The number of hydrogen-bond donors (Lipinski definition) is 1. The van der Waals surface area contributed by atoms with Crippen LogP contribution >= 0.6 is 0 Å². The maximum atomic E-state index is 11.4. The lowest BCUT2D eigenvalue weighted by atomic mass is 10.00. The Morgan fingerprint density at radius 3 is 2.88 bits per heavy atom. The van der Waals surface area contributed by atoms with Crippen molar-refractivity contribution >= 4 is 9.84 Å². The molecule has 0 aliphatic carbocycles. The molecule has 0 amide bonds. The first kappa shape index (κ1) is 11.5. The standard InChI is InChI=1S/C9H15N3O3S/c1-2-3-7-11-8(12-15-7)9(10)4-5-16(13,14)6-9/h2-6,10H2,1H3. The topological polar surface area (TPSA) is 99.1 Å². The van der Waals surface area contributed by atoms with Gasteiger partial charge in [0.2, 0.25) is 5.89 Å². The molecule has 0 spiro atoms. The van der Waals surface area contributed by atoms with Gasteiger partial charge in [0.25, 0.3) is 0 Å². The van der Waals surface area contributed by atoms with E-state index in [0.29, 0.717) is 24.6 Å². The van der Waals surface area contributed by atoms with Gasteiger partial charge in [-0.15, -0.1) is 0 Å². The van der Waals surface area contributed by atoms with Gasteiger partial charge >= 0.3 is 0 Å². The summed E-state index contributed by atoms with van der Waals surface area (Å²) in [7, 11) is -3.05. The summed E-state index contributed by atoms with van der Waals surface area (Å²) in [5.74, 6) is 0.843. The molecule has 2 N–H and O–H groups in total. The van der Waals surface area contributed by atoms with E-state index in [1.165, 1.54) is 0 Å². The number of aromatic nitrogens is 2. The average Bonchev–Trinajstić information content (AvgIpc) is 2.73. The molecule has 1 saturated heterocycles. The number of nitrogens with two attached hydrogens (primary N) is 1. The van der Waals surface area contributed by atoms with E-state index in [-0.39, 0.29) is 11.5 Å². The van der Waals surface area contributed by atoms with Gasteiger partial charge < -0.3 is 10.3 Å². The van der Waals surface area contributed by atoms with Gasteiger partial charge in [-0.2, -0.15) is 4.98 Å². The van der Waals surface area contributed by atoms with Crippen molar-refractivity contribution in [2.45, 2.75) is 31.7 Å². The lowest BCUT2D eigenvalue weighted by Crippen LogP contribution is -2.39. The van der Waals surface area contributed by atoms with Crippen molar-refractivity contribution in [1.29, 1.82) is 0 Å². The smallest absolute Gasteiger partial charge is 0.226 e. The van der Waals surface area contributed by atoms with Crippen LogP contribution in [-0.4, -0.2) is 30.1 Å². The van der Waals surface area contributed by atoms with Gasteiger partial charge in [0, 0.05) is 6.42 Å². The molecule has 1 unspecified atom stereocenters. The molecule has 1 fully saturated rings. The first-order valence-corrected chi connectivity index (χ1v) is 7.10. The van der Waals surface area contributed by atoms with Gasteiger partial charge in [-0.1, -0.05) is 12.1 Å². The number of nitrogens with zero attached hydrogens (tertiary/aromatic N) is 2. The third kappa shape index (κ3) is 2.10. The van der Waals surface area contributed by atoms with Crippen molar-refractivity contribution in [3.63, 3.8) is 0 Å². The maximum absolute atomic E-state index is 11.4. The minimum Gasteiger partial charge on any atom is -0.339 e. The van der Waals surface area contributed by atoms with Crippen molar-refractivity contribution in [2.24, 2.45) is 5.73 Å². The molecule has 7 heteroatoms. The summed E-state index contributed by atoms with van der Waals surface area (Å²) in [6, 6.07) is 0. The van der Waals surface area contributed by atoms with Crippen LogP contribution in [0.15, 0.2) is 4.52 Å². The van der Waals surface area contributed by atoms with E-state index < -0.39 is 15.4 Å². The van der Waals surface area contributed by atoms with Crippen molar-refractivity contribution in [1.82, 2.24) is 10.1 Å². The van der Waals surface area contributed by atoms with Gasteiger partial charge in [0.05, 0.1) is 17.0 Å². The molecule has 6 nitrogen and oxygen atoms in total. The molecular formula is C9H15N3O3S. The summed E-state index contributed by atoms with van der Waals surface area (Å²) < 4.78 is 27.8. The van der Waals surface area contributed by atoms with Crippen LogP contribution in [0, 0.1) is 0 Å². The minimum atomic E-state index is -3.05. The summed E-state index contributed by atoms with van der Waals surface area (Å²) in [4.78, 5) is 4.15. The second-order valence-corrected chi connectivity index (χ2v) is 6.44. The molecule has 1 aliphatic rings. The fourth-order valence-corrected chi connectivity index (χ4v) is 3.70. The summed E-state index contributed by atoms with van der Waals surface area (Å²) >= 11 is 0. The molecule has 0 bridgehead atoms. The lowest BCUT2D eigenvalue weighted by molar-refractivity contribution is 0.355. The van der Waals surface area contributed by atoms with Crippen LogP contribution in [0.25, 0.3) is 0 Å². The normalized spacial score (nSPS) is 28.4. The fraction of sp³-hybridized carbons (Fsp3) is 0.778. The third-order valence-corrected chi connectivity index (χ3v) is 4.50. The van der Waals surface area contributed by atoms with Crippen LogP contribution in [0.4, 0.5) is 0 Å². The van der Waals surface area contributed by atoms with Crippen LogP contribution < -0.4 is 5.73 Å². The Morgan fingerprint density at radius 1 is 1.56 bits per heavy atom. The van der Waals surface area contributed by atoms with Gasteiger partial charge in [-0.05, 0) is 12.8 Å². The van der Waals surface area contributed by atoms with E-state index in [9.17, 15) is 8.42 Å². The quantitative estimate of drug-likeness (QED) is 0.804. The van der Waals surface area contributed by atoms with E-state index in [0.717, 1.165) is 6.42 Å². The number of rotatable bonds is 3. The summed E-state index contributed by atoms with van der Waals surface area (Å²) in [5.41, 5.74) is 5.04. The van der Waals surface area contributed by atoms with Gasteiger partial charge in [-0.3, -0.25) is 0 Å². The summed E-state index contributed by atoms with van der Waals surface area (Å²) in [6.07, 6.45) is 1.95. The molecule has 0 aromatic carbocycles. The maximum Gasteiger partial charge on any atom is 0.226 e. The molecule has 90 valence electrons. The van der Waals surface area contributed by atoms with Crippen molar-refractivity contribution in [3.05, 3.63) is 11.7 Å². The van der Waals surface area contributed by atoms with E-state index in [1.54, 1.807) is 0 Å². The van der Waals surface area contributed by atoms with Gasteiger partial charge in [-0.25, -0.2) is 8.42 Å². The second-order valence-electron chi connectivity index (χ2n) is 4.26.